The van der Waals surface area contributed by atoms with Crippen molar-refractivity contribution in [3.05, 3.63) is 57.7 Å². The van der Waals surface area contributed by atoms with Crippen molar-refractivity contribution >= 4 is 28.4 Å². The van der Waals surface area contributed by atoms with Gasteiger partial charge in [0.1, 0.15) is 5.01 Å². The number of aromatic nitrogens is 1. The lowest BCUT2D eigenvalue weighted by Crippen LogP contribution is -1.97. The van der Waals surface area contributed by atoms with Gasteiger partial charge < -0.3 is 5.32 Å². The molecule has 2 heterocycles. The van der Waals surface area contributed by atoms with Crippen LogP contribution in [0, 0.1) is 0 Å². The van der Waals surface area contributed by atoms with Crippen LogP contribution in [0.25, 0.3) is 10.6 Å². The summed E-state index contributed by atoms with van der Waals surface area (Å²) in [6, 6.07) is 12.9. The molecule has 0 aliphatic carbocycles. The van der Waals surface area contributed by atoms with E-state index in [4.69, 9.17) is 0 Å². The minimum absolute atomic E-state index is 0.881. The molecule has 0 radical (unpaired) electrons. The fourth-order valence-electron chi connectivity index (χ4n) is 2.02. The summed E-state index contributed by atoms with van der Waals surface area (Å²) in [5.41, 5.74) is 2.31. The minimum atomic E-state index is 0.881. The van der Waals surface area contributed by atoms with Crippen LogP contribution in [0.3, 0.4) is 0 Å². The lowest BCUT2D eigenvalue weighted by molar-refractivity contribution is 1.19. The maximum Gasteiger partial charge on any atom is 0.123 e. The van der Waals surface area contributed by atoms with Crippen molar-refractivity contribution in [1.82, 2.24) is 4.98 Å². The Bertz CT molecular complexity index is 671. The van der Waals surface area contributed by atoms with Crippen molar-refractivity contribution in [2.24, 2.45) is 0 Å². The van der Waals surface area contributed by atoms with Gasteiger partial charge in [-0.2, -0.15) is 0 Å². The molecule has 3 aromatic rings. The van der Waals surface area contributed by atoms with E-state index in [1.54, 1.807) is 11.3 Å². The van der Waals surface area contributed by atoms with Gasteiger partial charge in [-0.25, -0.2) is 4.98 Å². The molecule has 0 aliphatic rings. The van der Waals surface area contributed by atoms with E-state index in [-0.39, 0.29) is 0 Å². The van der Waals surface area contributed by atoms with E-state index < -0.39 is 0 Å². The van der Waals surface area contributed by atoms with Crippen molar-refractivity contribution in [3.8, 4) is 10.6 Å². The van der Waals surface area contributed by atoms with Gasteiger partial charge in [-0.05, 0) is 30.7 Å². The summed E-state index contributed by atoms with van der Waals surface area (Å²) >= 11 is 3.55. The highest BCUT2D eigenvalue weighted by atomic mass is 32.1. The van der Waals surface area contributed by atoms with Gasteiger partial charge >= 0.3 is 0 Å². The zero-order valence-electron chi connectivity index (χ0n) is 11.3. The van der Waals surface area contributed by atoms with Gasteiger partial charge in [-0.1, -0.05) is 19.1 Å². The molecule has 3 rings (SSSR count). The second-order valence-corrected chi connectivity index (χ2v) is 6.64. The van der Waals surface area contributed by atoms with Crippen LogP contribution < -0.4 is 5.32 Å². The zero-order chi connectivity index (χ0) is 13.8. The first-order valence-electron chi connectivity index (χ1n) is 6.66. The zero-order valence-corrected chi connectivity index (χ0v) is 12.9. The fraction of sp³-hybridized carbons (Fsp3) is 0.188. The maximum atomic E-state index is 4.35. The van der Waals surface area contributed by atoms with Gasteiger partial charge in [0.25, 0.3) is 0 Å². The predicted molar refractivity (Wildman–Crippen MR) is 88.6 cm³/mol. The second-order valence-electron chi connectivity index (χ2n) is 4.49. The van der Waals surface area contributed by atoms with Crippen LogP contribution in [0.5, 0.6) is 0 Å². The van der Waals surface area contributed by atoms with E-state index in [1.165, 1.54) is 15.3 Å². The Kier molecular flexibility index (Phi) is 4.14. The average Bonchev–Trinajstić information content (AvgIpc) is 3.17. The molecule has 0 spiro atoms. The molecule has 1 aromatic carbocycles. The molecule has 0 atom stereocenters. The number of rotatable bonds is 5. The number of thiazole rings is 1. The van der Waals surface area contributed by atoms with Gasteiger partial charge in [0.15, 0.2) is 0 Å². The van der Waals surface area contributed by atoms with Crippen LogP contribution >= 0.6 is 22.7 Å². The van der Waals surface area contributed by atoms with E-state index in [0.717, 1.165) is 23.7 Å². The number of thiophene rings is 1. The molecule has 0 unspecified atom stereocenters. The molecule has 0 saturated carbocycles. The Hall–Kier alpha value is -1.65. The van der Waals surface area contributed by atoms with Crippen LogP contribution in [-0.2, 0) is 13.0 Å². The summed E-state index contributed by atoms with van der Waals surface area (Å²) < 4.78 is 0. The third-order valence-corrected chi connectivity index (χ3v) is 5.13. The lowest BCUT2D eigenvalue weighted by atomic mass is 10.2. The standard InChI is InChI=1S/C16H16N2S2/c1-2-14-6-7-15(20-14)11-18-13-5-3-4-12(10-13)16-17-8-9-19-16/h3-10,18H,2,11H2,1H3. The molecule has 1 N–H and O–H groups in total. The molecular weight excluding hydrogens is 284 g/mol. The van der Waals surface area contributed by atoms with Gasteiger partial charge in [-0.15, -0.1) is 22.7 Å². The summed E-state index contributed by atoms with van der Waals surface area (Å²) in [7, 11) is 0. The molecule has 2 nitrogen and oxygen atoms in total. The van der Waals surface area contributed by atoms with Crippen molar-refractivity contribution < 1.29 is 0 Å². The first-order chi connectivity index (χ1) is 9.85. The topological polar surface area (TPSA) is 24.9 Å². The Labute approximate surface area is 127 Å². The minimum Gasteiger partial charge on any atom is -0.380 e. The molecule has 0 bridgehead atoms. The van der Waals surface area contributed by atoms with Gasteiger partial charge in [0, 0.05) is 39.1 Å². The van der Waals surface area contributed by atoms with Crippen molar-refractivity contribution in [2.45, 2.75) is 19.9 Å². The monoisotopic (exact) mass is 300 g/mol. The largest absolute Gasteiger partial charge is 0.380 e. The lowest BCUT2D eigenvalue weighted by Gasteiger charge is -2.06. The summed E-state index contributed by atoms with van der Waals surface area (Å²) in [5.74, 6) is 0. The highest BCUT2D eigenvalue weighted by Gasteiger charge is 2.02. The van der Waals surface area contributed by atoms with E-state index in [0.29, 0.717) is 0 Å². The number of hydrogen-bond donors (Lipinski definition) is 1. The third-order valence-electron chi connectivity index (χ3n) is 3.07. The second kappa shape index (κ2) is 6.20. The molecule has 2 aromatic heterocycles. The van der Waals surface area contributed by atoms with Gasteiger partial charge in [-0.3, -0.25) is 0 Å². The summed E-state index contributed by atoms with van der Waals surface area (Å²) in [6.45, 7) is 3.08. The van der Waals surface area contributed by atoms with Crippen LogP contribution in [0.4, 0.5) is 5.69 Å². The van der Waals surface area contributed by atoms with Gasteiger partial charge in [0.05, 0.1) is 0 Å². The maximum absolute atomic E-state index is 4.35. The van der Waals surface area contributed by atoms with E-state index >= 15 is 0 Å². The molecule has 0 saturated heterocycles. The Morgan fingerprint density at radius 3 is 2.80 bits per heavy atom. The third kappa shape index (κ3) is 3.08. The normalized spacial score (nSPS) is 10.7. The first-order valence-corrected chi connectivity index (χ1v) is 8.36. The van der Waals surface area contributed by atoms with Crippen molar-refractivity contribution in [3.63, 3.8) is 0 Å². The first kappa shape index (κ1) is 13.3. The number of benzene rings is 1. The summed E-state index contributed by atoms with van der Waals surface area (Å²) in [4.78, 5) is 7.17. The molecule has 20 heavy (non-hydrogen) atoms. The molecule has 0 amide bonds. The Morgan fingerprint density at radius 2 is 2.05 bits per heavy atom. The molecule has 0 fully saturated rings. The number of aryl methyl sites for hydroxylation is 1. The van der Waals surface area contributed by atoms with Crippen LogP contribution in [0.15, 0.2) is 48.0 Å². The van der Waals surface area contributed by atoms with E-state index in [9.17, 15) is 0 Å². The highest BCUT2D eigenvalue weighted by Crippen LogP contribution is 2.25. The SMILES string of the molecule is CCc1ccc(CNc2cccc(-c3nccs3)c2)s1. The Morgan fingerprint density at radius 1 is 1.15 bits per heavy atom. The molecule has 0 aliphatic heterocycles. The number of hydrogen-bond acceptors (Lipinski definition) is 4. The quantitative estimate of drug-likeness (QED) is 0.713. The van der Waals surface area contributed by atoms with Crippen molar-refractivity contribution in [1.29, 1.82) is 0 Å². The fourth-order valence-corrected chi connectivity index (χ4v) is 3.56. The Balaban J connectivity index is 1.70. The van der Waals surface area contributed by atoms with E-state index in [1.807, 2.05) is 22.9 Å². The predicted octanol–water partition coefficient (Wildman–Crippen LogP) is 5.05. The highest BCUT2D eigenvalue weighted by molar-refractivity contribution is 7.13. The smallest absolute Gasteiger partial charge is 0.123 e. The molecule has 4 heteroatoms. The van der Waals surface area contributed by atoms with Crippen LogP contribution in [-0.4, -0.2) is 4.98 Å². The van der Waals surface area contributed by atoms with Crippen LogP contribution in [0.1, 0.15) is 16.7 Å². The number of nitrogens with one attached hydrogen (secondary N) is 1. The van der Waals surface area contributed by atoms with E-state index in [2.05, 4.69) is 53.6 Å². The summed E-state index contributed by atoms with van der Waals surface area (Å²) in [6.07, 6.45) is 2.96. The van der Waals surface area contributed by atoms with Gasteiger partial charge in [0.2, 0.25) is 0 Å². The average molecular weight is 300 g/mol. The molecule has 102 valence electrons. The number of nitrogens with zero attached hydrogens (tertiary/aromatic N) is 1. The summed E-state index contributed by atoms with van der Waals surface area (Å²) in [5, 5.41) is 6.56. The van der Waals surface area contributed by atoms with Crippen LogP contribution in [0.2, 0.25) is 0 Å². The van der Waals surface area contributed by atoms with Crippen molar-refractivity contribution in [2.75, 3.05) is 5.32 Å². The molecular formula is C16H16N2S2. The number of anilines is 1.